The molecule has 21 heavy (non-hydrogen) atoms. The molecule has 0 fully saturated rings. The number of nitriles is 1. The summed E-state index contributed by atoms with van der Waals surface area (Å²) in [4.78, 5) is 0. The molecule has 2 aromatic carbocycles. The highest BCUT2D eigenvalue weighted by atomic mass is 16.5. The van der Waals surface area contributed by atoms with Crippen molar-refractivity contribution >= 4 is 5.57 Å². The van der Waals surface area contributed by atoms with Crippen molar-refractivity contribution < 1.29 is 9.84 Å². The van der Waals surface area contributed by atoms with Crippen LogP contribution in [0.1, 0.15) is 30.5 Å². The minimum atomic E-state index is -0.473. The number of aromatic hydroxyl groups is 1. The fourth-order valence-electron chi connectivity index (χ4n) is 2.56. The average molecular weight is 277 g/mol. The Labute approximate surface area is 123 Å². The van der Waals surface area contributed by atoms with Crippen molar-refractivity contribution in [2.45, 2.75) is 19.4 Å². The van der Waals surface area contributed by atoms with E-state index in [0.717, 1.165) is 22.4 Å². The number of para-hydroxylation sites is 1. The van der Waals surface area contributed by atoms with Crippen LogP contribution in [0.2, 0.25) is 0 Å². The van der Waals surface area contributed by atoms with Gasteiger partial charge in [-0.2, -0.15) is 5.26 Å². The first-order chi connectivity index (χ1) is 10.00. The molecule has 0 aromatic heterocycles. The molecule has 0 saturated heterocycles. The Morgan fingerprint density at radius 3 is 2.57 bits per heavy atom. The van der Waals surface area contributed by atoms with E-state index in [1.54, 1.807) is 24.3 Å². The molecular formula is C18H15NO2. The van der Waals surface area contributed by atoms with Gasteiger partial charge in [0.15, 0.2) is 0 Å². The van der Waals surface area contributed by atoms with Gasteiger partial charge < -0.3 is 9.84 Å². The van der Waals surface area contributed by atoms with Crippen LogP contribution < -0.4 is 4.74 Å². The van der Waals surface area contributed by atoms with E-state index < -0.39 is 5.60 Å². The fourth-order valence-corrected chi connectivity index (χ4v) is 2.56. The summed E-state index contributed by atoms with van der Waals surface area (Å²) in [6.07, 6.45) is 1.98. The van der Waals surface area contributed by atoms with Gasteiger partial charge >= 0.3 is 0 Å². The van der Waals surface area contributed by atoms with E-state index in [9.17, 15) is 5.11 Å². The summed E-state index contributed by atoms with van der Waals surface area (Å²) < 4.78 is 5.94. The topological polar surface area (TPSA) is 53.2 Å². The van der Waals surface area contributed by atoms with E-state index in [2.05, 4.69) is 6.07 Å². The van der Waals surface area contributed by atoms with E-state index in [1.807, 2.05) is 38.1 Å². The molecular weight excluding hydrogens is 262 g/mol. The van der Waals surface area contributed by atoms with Crippen molar-refractivity contribution in [3.8, 4) is 17.6 Å². The lowest BCUT2D eigenvalue weighted by Gasteiger charge is -2.31. The summed E-state index contributed by atoms with van der Waals surface area (Å²) in [5.41, 5.74) is 2.55. The molecule has 0 bridgehead atoms. The Morgan fingerprint density at radius 2 is 1.86 bits per heavy atom. The number of hydrogen-bond acceptors (Lipinski definition) is 3. The van der Waals surface area contributed by atoms with Crippen molar-refractivity contribution in [2.24, 2.45) is 0 Å². The molecule has 3 nitrogen and oxygen atoms in total. The summed E-state index contributed by atoms with van der Waals surface area (Å²) >= 11 is 0. The number of phenols is 1. The lowest BCUT2D eigenvalue weighted by Crippen LogP contribution is -2.29. The molecule has 0 amide bonds. The van der Waals surface area contributed by atoms with Crippen LogP contribution >= 0.6 is 0 Å². The van der Waals surface area contributed by atoms with Crippen molar-refractivity contribution in [3.63, 3.8) is 0 Å². The van der Waals surface area contributed by atoms with Crippen molar-refractivity contribution in [2.75, 3.05) is 0 Å². The van der Waals surface area contributed by atoms with Gasteiger partial charge in [0, 0.05) is 11.1 Å². The first-order valence-corrected chi connectivity index (χ1v) is 6.75. The standard InChI is InChI=1S/C18H15NO2/c1-18(2)10-15(13-5-3-4-6-16(13)20)14-9-12(11-19)7-8-17(14)21-18/h3-10,20H,1-2H3. The van der Waals surface area contributed by atoms with Crippen LogP contribution in [0.3, 0.4) is 0 Å². The molecule has 104 valence electrons. The van der Waals surface area contributed by atoms with E-state index in [1.165, 1.54) is 0 Å². The number of ether oxygens (including phenoxy) is 1. The number of nitrogens with zero attached hydrogens (tertiary/aromatic N) is 1. The largest absolute Gasteiger partial charge is 0.507 e. The van der Waals surface area contributed by atoms with E-state index in [4.69, 9.17) is 10.00 Å². The molecule has 3 heteroatoms. The minimum absolute atomic E-state index is 0.217. The fraction of sp³-hybridized carbons (Fsp3) is 0.167. The van der Waals surface area contributed by atoms with Gasteiger partial charge in [-0.05, 0) is 49.8 Å². The second-order valence-corrected chi connectivity index (χ2v) is 5.60. The maximum absolute atomic E-state index is 10.1. The third-order valence-electron chi connectivity index (χ3n) is 3.46. The summed E-state index contributed by atoms with van der Waals surface area (Å²) in [6.45, 7) is 3.93. The Bertz CT molecular complexity index is 782. The van der Waals surface area contributed by atoms with Gasteiger partial charge in [-0.15, -0.1) is 0 Å². The van der Waals surface area contributed by atoms with Gasteiger partial charge in [-0.3, -0.25) is 0 Å². The SMILES string of the molecule is CC1(C)C=C(c2ccccc2O)c2cc(C#N)ccc2O1. The molecule has 2 aromatic rings. The molecule has 0 radical (unpaired) electrons. The molecule has 1 aliphatic heterocycles. The second-order valence-electron chi connectivity index (χ2n) is 5.60. The Morgan fingerprint density at radius 1 is 1.10 bits per heavy atom. The lowest BCUT2D eigenvalue weighted by molar-refractivity contribution is 0.158. The predicted octanol–water partition coefficient (Wildman–Crippen LogP) is 3.87. The molecule has 3 rings (SSSR count). The van der Waals surface area contributed by atoms with Crippen molar-refractivity contribution in [1.29, 1.82) is 5.26 Å². The number of phenolic OH excluding ortho intramolecular Hbond substituents is 1. The zero-order valence-electron chi connectivity index (χ0n) is 11.9. The van der Waals surface area contributed by atoms with Crippen LogP contribution in [0, 0.1) is 11.3 Å². The van der Waals surface area contributed by atoms with Crippen LogP contribution in [0.4, 0.5) is 0 Å². The summed E-state index contributed by atoms with van der Waals surface area (Å²) in [7, 11) is 0. The normalized spacial score (nSPS) is 15.4. The van der Waals surface area contributed by atoms with Crippen LogP contribution in [0.25, 0.3) is 5.57 Å². The summed E-state index contributed by atoms with van der Waals surface area (Å²) in [5, 5.41) is 19.2. The predicted molar refractivity (Wildman–Crippen MR) is 81.0 cm³/mol. The molecule has 0 spiro atoms. The zero-order chi connectivity index (χ0) is 15.0. The van der Waals surface area contributed by atoms with E-state index in [-0.39, 0.29) is 5.75 Å². The highest BCUT2D eigenvalue weighted by Gasteiger charge is 2.28. The lowest BCUT2D eigenvalue weighted by atomic mass is 9.89. The molecule has 0 unspecified atom stereocenters. The summed E-state index contributed by atoms with van der Waals surface area (Å²) in [5.74, 6) is 0.939. The minimum Gasteiger partial charge on any atom is -0.507 e. The number of fused-ring (bicyclic) bond motifs is 1. The molecule has 1 heterocycles. The number of rotatable bonds is 1. The monoisotopic (exact) mass is 277 g/mol. The average Bonchev–Trinajstić information content (AvgIpc) is 2.46. The highest BCUT2D eigenvalue weighted by molar-refractivity contribution is 5.87. The number of hydrogen-bond donors (Lipinski definition) is 1. The molecule has 1 N–H and O–H groups in total. The molecule has 0 aliphatic carbocycles. The van der Waals surface area contributed by atoms with Crippen molar-refractivity contribution in [1.82, 2.24) is 0 Å². The molecule has 0 saturated carbocycles. The second kappa shape index (κ2) is 4.68. The first kappa shape index (κ1) is 13.3. The van der Waals surface area contributed by atoms with Crippen LogP contribution in [0.5, 0.6) is 11.5 Å². The maximum Gasteiger partial charge on any atom is 0.128 e. The Kier molecular flexibility index (Phi) is 2.95. The van der Waals surface area contributed by atoms with Gasteiger partial charge in [0.25, 0.3) is 0 Å². The van der Waals surface area contributed by atoms with Gasteiger partial charge in [0.1, 0.15) is 17.1 Å². The third kappa shape index (κ3) is 2.36. The third-order valence-corrected chi connectivity index (χ3v) is 3.46. The van der Waals surface area contributed by atoms with Crippen LogP contribution in [-0.4, -0.2) is 10.7 Å². The van der Waals surface area contributed by atoms with E-state index >= 15 is 0 Å². The Hall–Kier alpha value is -2.73. The Balaban J connectivity index is 2.26. The maximum atomic E-state index is 10.1. The highest BCUT2D eigenvalue weighted by Crippen LogP contribution is 2.41. The smallest absolute Gasteiger partial charge is 0.128 e. The molecule has 0 atom stereocenters. The quantitative estimate of drug-likeness (QED) is 0.861. The molecule has 1 aliphatic rings. The zero-order valence-corrected chi connectivity index (χ0v) is 11.9. The van der Waals surface area contributed by atoms with Gasteiger partial charge in [-0.1, -0.05) is 18.2 Å². The van der Waals surface area contributed by atoms with Crippen molar-refractivity contribution in [3.05, 3.63) is 65.2 Å². The van der Waals surface area contributed by atoms with E-state index in [0.29, 0.717) is 5.56 Å². The van der Waals surface area contributed by atoms with Crippen LogP contribution in [0.15, 0.2) is 48.5 Å². The number of benzene rings is 2. The van der Waals surface area contributed by atoms with Gasteiger partial charge in [0.2, 0.25) is 0 Å². The first-order valence-electron chi connectivity index (χ1n) is 6.75. The summed E-state index contributed by atoms with van der Waals surface area (Å²) in [6, 6.07) is 14.7. The van der Waals surface area contributed by atoms with Gasteiger partial charge in [-0.25, -0.2) is 0 Å². The van der Waals surface area contributed by atoms with Gasteiger partial charge in [0.05, 0.1) is 11.6 Å². The van der Waals surface area contributed by atoms with Crippen LogP contribution in [-0.2, 0) is 0 Å².